The Morgan fingerprint density at radius 3 is 2.31 bits per heavy atom. The minimum absolute atomic E-state index is 0.255. The van der Waals surface area contributed by atoms with E-state index in [-0.39, 0.29) is 19.0 Å². The zero-order chi connectivity index (χ0) is 19.3. The van der Waals surface area contributed by atoms with Crippen molar-refractivity contribution in [2.45, 2.75) is 13.3 Å². The molecule has 2 amide bonds. The maximum atomic E-state index is 13.6. The summed E-state index contributed by atoms with van der Waals surface area (Å²) in [5, 5.41) is 2.73. The Morgan fingerprint density at radius 1 is 1.04 bits per heavy atom. The summed E-state index contributed by atoms with van der Waals surface area (Å²) in [6.45, 7) is 1.21. The highest BCUT2D eigenvalue weighted by atomic mass is 35.5. The second-order valence-electron chi connectivity index (χ2n) is 5.59. The molecule has 0 aliphatic carbocycles. The van der Waals surface area contributed by atoms with E-state index in [2.05, 4.69) is 5.32 Å². The van der Waals surface area contributed by atoms with Gasteiger partial charge < -0.3 is 10.2 Å². The van der Waals surface area contributed by atoms with Crippen LogP contribution in [-0.4, -0.2) is 29.8 Å². The number of rotatable bonds is 6. The van der Waals surface area contributed by atoms with Crippen LogP contribution in [0.4, 0.5) is 18.9 Å². The molecule has 0 atom stereocenters. The Labute approximate surface area is 153 Å². The Kier molecular flexibility index (Phi) is 6.63. The molecule has 2 rings (SSSR count). The summed E-state index contributed by atoms with van der Waals surface area (Å²) in [5.41, 5.74) is 0.433. The molecule has 0 aromatic heterocycles. The Morgan fingerprint density at radius 2 is 1.69 bits per heavy atom. The van der Waals surface area contributed by atoms with Crippen LogP contribution in [0.15, 0.2) is 36.4 Å². The summed E-state index contributed by atoms with van der Waals surface area (Å²) in [4.78, 5) is 25.0. The zero-order valence-corrected chi connectivity index (χ0v) is 14.6. The smallest absolute Gasteiger partial charge is 0.244 e. The van der Waals surface area contributed by atoms with Crippen LogP contribution in [0.2, 0.25) is 5.02 Å². The largest absolute Gasteiger partial charge is 0.333 e. The third-order valence-corrected chi connectivity index (χ3v) is 3.92. The van der Waals surface area contributed by atoms with E-state index in [1.54, 1.807) is 24.3 Å². The van der Waals surface area contributed by atoms with Gasteiger partial charge in [0.25, 0.3) is 0 Å². The standard InChI is InChI=1S/C18H16ClF3N2O2/c1-11(25)24(9-8-12-2-4-13(19)5-3-12)10-16(26)23-15-7-6-14(20)17(21)18(15)22/h2-7H,8-10H2,1H3,(H,23,26). The van der Waals surface area contributed by atoms with E-state index in [0.717, 1.165) is 11.6 Å². The van der Waals surface area contributed by atoms with Crippen molar-refractivity contribution in [1.29, 1.82) is 0 Å². The molecular formula is C18H16ClF3N2O2. The highest BCUT2D eigenvalue weighted by Crippen LogP contribution is 2.19. The number of carbonyl (C=O) groups excluding carboxylic acids is 2. The van der Waals surface area contributed by atoms with Gasteiger partial charge in [0.2, 0.25) is 11.8 Å². The van der Waals surface area contributed by atoms with Gasteiger partial charge in [-0.05, 0) is 36.2 Å². The van der Waals surface area contributed by atoms with Gasteiger partial charge in [-0.15, -0.1) is 0 Å². The van der Waals surface area contributed by atoms with Gasteiger partial charge in [0.05, 0.1) is 12.2 Å². The van der Waals surface area contributed by atoms with Gasteiger partial charge in [-0.2, -0.15) is 0 Å². The van der Waals surface area contributed by atoms with Crippen molar-refractivity contribution in [2.24, 2.45) is 0 Å². The predicted octanol–water partition coefficient (Wildman–Crippen LogP) is 3.79. The molecular weight excluding hydrogens is 369 g/mol. The van der Waals surface area contributed by atoms with Crippen LogP contribution < -0.4 is 5.32 Å². The van der Waals surface area contributed by atoms with Crippen LogP contribution in [0.25, 0.3) is 0 Å². The number of carbonyl (C=O) groups is 2. The number of benzene rings is 2. The van der Waals surface area contributed by atoms with Gasteiger partial charge in [0.15, 0.2) is 17.5 Å². The fraction of sp³-hybridized carbons (Fsp3) is 0.222. The molecule has 2 aromatic rings. The second kappa shape index (κ2) is 8.71. The normalized spacial score (nSPS) is 10.5. The lowest BCUT2D eigenvalue weighted by molar-refractivity contribution is -0.132. The fourth-order valence-corrected chi connectivity index (χ4v) is 2.37. The summed E-state index contributed by atoms with van der Waals surface area (Å²) >= 11 is 5.81. The number of halogens is 4. The highest BCUT2D eigenvalue weighted by Gasteiger charge is 2.18. The summed E-state index contributed by atoms with van der Waals surface area (Å²) in [5.74, 6) is -5.59. The lowest BCUT2D eigenvalue weighted by Crippen LogP contribution is -2.38. The average molecular weight is 385 g/mol. The zero-order valence-electron chi connectivity index (χ0n) is 13.9. The van der Waals surface area contributed by atoms with Crippen molar-refractivity contribution >= 4 is 29.1 Å². The van der Waals surface area contributed by atoms with E-state index in [1.165, 1.54) is 11.8 Å². The van der Waals surface area contributed by atoms with Gasteiger partial charge in [0, 0.05) is 18.5 Å². The molecule has 2 aromatic carbocycles. The van der Waals surface area contributed by atoms with E-state index in [0.29, 0.717) is 17.5 Å². The molecule has 0 heterocycles. The molecule has 138 valence electrons. The third-order valence-electron chi connectivity index (χ3n) is 3.67. The minimum atomic E-state index is -1.67. The Bertz CT molecular complexity index is 813. The molecule has 0 spiro atoms. The maximum absolute atomic E-state index is 13.6. The number of nitrogens with one attached hydrogen (secondary N) is 1. The fourth-order valence-electron chi connectivity index (χ4n) is 2.25. The molecule has 26 heavy (non-hydrogen) atoms. The second-order valence-corrected chi connectivity index (χ2v) is 6.02. The molecule has 0 fully saturated rings. The van der Waals surface area contributed by atoms with Crippen molar-refractivity contribution in [3.63, 3.8) is 0 Å². The number of anilines is 1. The van der Waals surface area contributed by atoms with Crippen LogP contribution in [0, 0.1) is 17.5 Å². The van der Waals surface area contributed by atoms with Crippen molar-refractivity contribution in [3.8, 4) is 0 Å². The van der Waals surface area contributed by atoms with E-state index < -0.39 is 29.0 Å². The van der Waals surface area contributed by atoms with Gasteiger partial charge in [-0.3, -0.25) is 9.59 Å². The molecule has 0 unspecified atom stereocenters. The topological polar surface area (TPSA) is 49.4 Å². The molecule has 0 radical (unpaired) electrons. The SMILES string of the molecule is CC(=O)N(CCc1ccc(Cl)cc1)CC(=O)Nc1ccc(F)c(F)c1F. The van der Waals surface area contributed by atoms with Gasteiger partial charge in [0.1, 0.15) is 0 Å². The first-order valence-corrected chi connectivity index (χ1v) is 8.09. The first-order chi connectivity index (χ1) is 12.3. The number of hydrogen-bond acceptors (Lipinski definition) is 2. The highest BCUT2D eigenvalue weighted by molar-refractivity contribution is 6.30. The van der Waals surface area contributed by atoms with Gasteiger partial charge >= 0.3 is 0 Å². The summed E-state index contributed by atoms with van der Waals surface area (Å²) < 4.78 is 39.7. The average Bonchev–Trinajstić information content (AvgIpc) is 2.60. The summed E-state index contributed by atoms with van der Waals surface area (Å²) in [6, 6.07) is 8.66. The minimum Gasteiger partial charge on any atom is -0.333 e. The third kappa shape index (κ3) is 5.23. The van der Waals surface area contributed by atoms with E-state index >= 15 is 0 Å². The number of hydrogen-bond donors (Lipinski definition) is 1. The maximum Gasteiger partial charge on any atom is 0.244 e. The van der Waals surface area contributed by atoms with Crippen molar-refractivity contribution in [2.75, 3.05) is 18.4 Å². The first kappa shape index (κ1) is 19.8. The van der Waals surface area contributed by atoms with E-state index in [1.807, 2.05) is 0 Å². The Balaban J connectivity index is 1.98. The lowest BCUT2D eigenvalue weighted by atomic mass is 10.1. The van der Waals surface area contributed by atoms with Crippen LogP contribution in [0.3, 0.4) is 0 Å². The molecule has 8 heteroatoms. The van der Waals surface area contributed by atoms with Crippen molar-refractivity contribution < 1.29 is 22.8 Å². The van der Waals surface area contributed by atoms with Gasteiger partial charge in [-0.25, -0.2) is 13.2 Å². The molecule has 0 saturated heterocycles. The lowest BCUT2D eigenvalue weighted by Gasteiger charge is -2.20. The molecule has 4 nitrogen and oxygen atoms in total. The van der Waals surface area contributed by atoms with E-state index in [4.69, 9.17) is 11.6 Å². The van der Waals surface area contributed by atoms with Crippen LogP contribution in [-0.2, 0) is 16.0 Å². The summed E-state index contributed by atoms with van der Waals surface area (Å²) in [7, 11) is 0. The van der Waals surface area contributed by atoms with Crippen molar-refractivity contribution in [3.05, 3.63) is 64.4 Å². The number of amides is 2. The monoisotopic (exact) mass is 384 g/mol. The quantitative estimate of drug-likeness (QED) is 0.770. The predicted molar refractivity (Wildman–Crippen MR) is 92.4 cm³/mol. The number of nitrogens with zero attached hydrogens (tertiary/aromatic N) is 1. The van der Waals surface area contributed by atoms with Crippen LogP contribution in [0.1, 0.15) is 12.5 Å². The van der Waals surface area contributed by atoms with Crippen molar-refractivity contribution in [1.82, 2.24) is 4.90 Å². The van der Waals surface area contributed by atoms with Gasteiger partial charge in [-0.1, -0.05) is 23.7 Å². The van der Waals surface area contributed by atoms with Crippen LogP contribution in [0.5, 0.6) is 0 Å². The molecule has 1 N–H and O–H groups in total. The van der Waals surface area contributed by atoms with E-state index in [9.17, 15) is 22.8 Å². The molecule has 0 aliphatic rings. The van der Waals surface area contributed by atoms with Crippen LogP contribution >= 0.6 is 11.6 Å². The first-order valence-electron chi connectivity index (χ1n) is 7.71. The summed E-state index contributed by atoms with van der Waals surface area (Å²) in [6.07, 6.45) is 0.490. The molecule has 0 bridgehead atoms. The Hall–Kier alpha value is -2.54. The molecule has 0 aliphatic heterocycles. The molecule has 0 saturated carbocycles.